The molecule has 0 N–H and O–H groups in total. The Kier molecular flexibility index (Phi) is 8.38. The minimum Gasteiger partial charge on any atom is -0.251 e. The van der Waals surface area contributed by atoms with Gasteiger partial charge in [-0.05, 0) is 116 Å². The van der Waals surface area contributed by atoms with Gasteiger partial charge in [-0.3, -0.25) is 4.39 Å². The van der Waals surface area contributed by atoms with E-state index < -0.39 is 0 Å². The smallest absolute Gasteiger partial charge is 0.127 e. The first-order valence-corrected chi connectivity index (χ1v) is 13.1. The molecular weight excluding hydrogens is 398 g/mol. The van der Waals surface area contributed by atoms with Crippen molar-refractivity contribution in [1.29, 1.82) is 0 Å². The van der Waals surface area contributed by atoms with Crippen LogP contribution >= 0.6 is 0 Å². The fourth-order valence-corrected chi connectivity index (χ4v) is 6.31. The summed E-state index contributed by atoms with van der Waals surface area (Å²) in [5, 5.41) is 0. The van der Waals surface area contributed by atoms with E-state index in [1.807, 2.05) is 6.07 Å². The minimum absolute atomic E-state index is 0.0304. The fraction of sp³-hybridized carbons (Fsp3) is 0.600. The van der Waals surface area contributed by atoms with Crippen molar-refractivity contribution in [2.24, 2.45) is 11.8 Å². The van der Waals surface area contributed by atoms with Gasteiger partial charge < -0.3 is 0 Å². The zero-order chi connectivity index (χ0) is 22.3. The molecule has 0 amide bonds. The summed E-state index contributed by atoms with van der Waals surface area (Å²) >= 11 is 0. The maximum atomic E-state index is 15.0. The molecule has 174 valence electrons. The fourth-order valence-electron chi connectivity index (χ4n) is 6.31. The van der Waals surface area contributed by atoms with Crippen molar-refractivity contribution in [3.8, 4) is 11.1 Å². The zero-order valence-electron chi connectivity index (χ0n) is 19.8. The van der Waals surface area contributed by atoms with E-state index in [1.165, 1.54) is 56.9 Å². The van der Waals surface area contributed by atoms with Crippen LogP contribution in [0.3, 0.4) is 0 Å². The van der Waals surface area contributed by atoms with Crippen LogP contribution in [0.4, 0.5) is 8.78 Å². The number of benzene rings is 2. The van der Waals surface area contributed by atoms with Crippen molar-refractivity contribution >= 4 is 0 Å². The van der Waals surface area contributed by atoms with Gasteiger partial charge >= 0.3 is 0 Å². The summed E-state index contributed by atoms with van der Waals surface area (Å²) in [4.78, 5) is 0. The van der Waals surface area contributed by atoms with Crippen molar-refractivity contribution in [3.05, 3.63) is 59.4 Å². The van der Waals surface area contributed by atoms with Crippen LogP contribution in [0.1, 0.15) is 107 Å². The second kappa shape index (κ2) is 11.4. The van der Waals surface area contributed by atoms with E-state index in [-0.39, 0.29) is 12.5 Å². The molecule has 2 aromatic rings. The SMILES string of the molecule is CCCC1CCC(c2ccc(-c3ccc(C4CCC(CCCF)CC4)cc3)cc2F)CC1. The Balaban J connectivity index is 1.36. The predicted molar refractivity (Wildman–Crippen MR) is 131 cm³/mol. The summed E-state index contributed by atoms with van der Waals surface area (Å²) in [7, 11) is 0. The number of hydrogen-bond donors (Lipinski definition) is 0. The second-order valence-corrected chi connectivity index (χ2v) is 10.4. The predicted octanol–water partition coefficient (Wildman–Crippen LogP) is 9.59. The molecule has 0 radical (unpaired) electrons. The Labute approximate surface area is 193 Å². The Hall–Kier alpha value is -1.70. The maximum Gasteiger partial charge on any atom is 0.127 e. The third kappa shape index (κ3) is 5.80. The summed E-state index contributed by atoms with van der Waals surface area (Å²) in [6.45, 7) is 2.09. The quantitative estimate of drug-likeness (QED) is 0.385. The molecule has 4 rings (SSSR count). The van der Waals surface area contributed by atoms with Gasteiger partial charge in [0.25, 0.3) is 0 Å². The minimum atomic E-state index is -0.178. The molecule has 2 saturated carbocycles. The molecule has 2 aliphatic rings. The van der Waals surface area contributed by atoms with Gasteiger partial charge in [0.15, 0.2) is 0 Å². The Morgan fingerprint density at radius 2 is 1.31 bits per heavy atom. The highest BCUT2D eigenvalue weighted by Crippen LogP contribution is 2.40. The van der Waals surface area contributed by atoms with Crippen LogP contribution in [0.25, 0.3) is 11.1 Å². The first kappa shape index (κ1) is 23.5. The summed E-state index contributed by atoms with van der Waals surface area (Å²) in [6.07, 6.45) is 14.0. The third-order valence-electron chi connectivity index (χ3n) is 8.29. The van der Waals surface area contributed by atoms with E-state index in [1.54, 1.807) is 6.07 Å². The first-order chi connectivity index (χ1) is 15.7. The zero-order valence-corrected chi connectivity index (χ0v) is 19.8. The topological polar surface area (TPSA) is 0 Å². The van der Waals surface area contributed by atoms with Gasteiger partial charge in [-0.1, -0.05) is 56.2 Å². The van der Waals surface area contributed by atoms with Gasteiger partial charge in [0.05, 0.1) is 6.67 Å². The molecule has 2 aliphatic carbocycles. The molecule has 2 heteroatoms. The van der Waals surface area contributed by atoms with Crippen LogP contribution in [0.5, 0.6) is 0 Å². The molecule has 0 spiro atoms. The molecule has 2 aromatic carbocycles. The lowest BCUT2D eigenvalue weighted by Crippen LogP contribution is -2.14. The molecule has 32 heavy (non-hydrogen) atoms. The van der Waals surface area contributed by atoms with E-state index in [4.69, 9.17) is 0 Å². The van der Waals surface area contributed by atoms with Crippen LogP contribution in [0.2, 0.25) is 0 Å². The summed E-state index contributed by atoms with van der Waals surface area (Å²) in [6, 6.07) is 14.7. The van der Waals surface area contributed by atoms with Gasteiger partial charge in [0.2, 0.25) is 0 Å². The monoisotopic (exact) mass is 438 g/mol. The largest absolute Gasteiger partial charge is 0.251 e. The van der Waals surface area contributed by atoms with Gasteiger partial charge in [0.1, 0.15) is 5.82 Å². The molecule has 0 bridgehead atoms. The molecule has 2 fully saturated rings. The van der Waals surface area contributed by atoms with E-state index in [0.29, 0.717) is 17.8 Å². The molecule has 0 unspecified atom stereocenters. The van der Waals surface area contributed by atoms with Crippen LogP contribution in [0, 0.1) is 17.7 Å². The van der Waals surface area contributed by atoms with E-state index in [9.17, 15) is 4.39 Å². The Bertz CT molecular complexity index is 824. The van der Waals surface area contributed by atoms with Crippen molar-refractivity contribution in [3.63, 3.8) is 0 Å². The number of rotatable bonds is 8. The molecule has 0 nitrogen and oxygen atoms in total. The van der Waals surface area contributed by atoms with E-state index in [2.05, 4.69) is 37.3 Å². The van der Waals surface area contributed by atoms with Crippen LogP contribution < -0.4 is 0 Å². The molecule has 0 heterocycles. The van der Waals surface area contributed by atoms with Crippen molar-refractivity contribution in [2.75, 3.05) is 6.67 Å². The summed E-state index contributed by atoms with van der Waals surface area (Å²) in [5.74, 6) is 2.54. The normalized spacial score (nSPS) is 26.2. The highest BCUT2D eigenvalue weighted by Gasteiger charge is 2.24. The molecule has 0 aromatic heterocycles. The maximum absolute atomic E-state index is 15.0. The van der Waals surface area contributed by atoms with Crippen molar-refractivity contribution < 1.29 is 8.78 Å². The number of halogens is 2. The number of alkyl halides is 1. The third-order valence-corrected chi connectivity index (χ3v) is 8.29. The molecule has 0 atom stereocenters. The van der Waals surface area contributed by atoms with Crippen molar-refractivity contribution in [1.82, 2.24) is 0 Å². The van der Waals surface area contributed by atoms with Crippen LogP contribution in [0.15, 0.2) is 42.5 Å². The van der Waals surface area contributed by atoms with E-state index in [0.717, 1.165) is 48.3 Å². The second-order valence-electron chi connectivity index (χ2n) is 10.4. The van der Waals surface area contributed by atoms with Gasteiger partial charge in [-0.25, -0.2) is 4.39 Å². The lowest BCUT2D eigenvalue weighted by Gasteiger charge is -2.29. The average molecular weight is 439 g/mol. The number of hydrogen-bond acceptors (Lipinski definition) is 0. The van der Waals surface area contributed by atoms with Gasteiger partial charge in [0, 0.05) is 0 Å². The van der Waals surface area contributed by atoms with Crippen molar-refractivity contribution in [2.45, 2.75) is 95.8 Å². The highest BCUT2D eigenvalue weighted by atomic mass is 19.1. The first-order valence-electron chi connectivity index (χ1n) is 13.1. The summed E-state index contributed by atoms with van der Waals surface area (Å²) < 4.78 is 27.5. The molecule has 0 saturated heterocycles. The lowest BCUT2D eigenvalue weighted by atomic mass is 9.76. The average Bonchev–Trinajstić information content (AvgIpc) is 2.84. The highest BCUT2D eigenvalue weighted by molar-refractivity contribution is 5.64. The Morgan fingerprint density at radius 1 is 0.719 bits per heavy atom. The molecular formula is C30H40F2. The molecule has 0 aliphatic heterocycles. The van der Waals surface area contributed by atoms with Crippen LogP contribution in [-0.2, 0) is 0 Å². The van der Waals surface area contributed by atoms with Gasteiger partial charge in [-0.15, -0.1) is 0 Å². The standard InChI is InChI=1S/C30H40F2/c1-2-4-22-8-12-27(13-9-22)29-19-18-28(21-30(29)32)26-16-14-25(15-17-26)24-10-6-23(7-11-24)5-3-20-31/h14-19,21-24,27H,2-13,20H2,1H3. The Morgan fingerprint density at radius 3 is 1.91 bits per heavy atom. The van der Waals surface area contributed by atoms with E-state index >= 15 is 4.39 Å². The van der Waals surface area contributed by atoms with Crippen LogP contribution in [-0.4, -0.2) is 6.67 Å². The summed E-state index contributed by atoms with van der Waals surface area (Å²) in [5.41, 5.74) is 4.40. The lowest BCUT2D eigenvalue weighted by molar-refractivity contribution is 0.293. The van der Waals surface area contributed by atoms with Gasteiger partial charge in [-0.2, -0.15) is 0 Å².